The number of anilines is 1. The van der Waals surface area contributed by atoms with Gasteiger partial charge in [-0.25, -0.2) is 0 Å². The smallest absolute Gasteiger partial charge is 0.193 e. The summed E-state index contributed by atoms with van der Waals surface area (Å²) in [6.45, 7) is 6.96. The first kappa shape index (κ1) is 19.8. The molecular weight excluding hydrogens is 427 g/mol. The summed E-state index contributed by atoms with van der Waals surface area (Å²) in [6, 6.07) is 10.3. The fourth-order valence-electron chi connectivity index (χ4n) is 3.11. The number of nitrogens with one attached hydrogen (secondary N) is 1. The molecule has 0 radical (unpaired) electrons. The summed E-state index contributed by atoms with van der Waals surface area (Å²) in [4.78, 5) is 6.98. The number of aliphatic imine (C=N–C) groups is 1. The zero-order chi connectivity index (χ0) is 16.9. The van der Waals surface area contributed by atoms with E-state index in [2.05, 4.69) is 41.2 Å². The fraction of sp³-hybridized carbons (Fsp3) is 0.421. The van der Waals surface area contributed by atoms with Crippen molar-refractivity contribution in [2.45, 2.75) is 32.7 Å². The lowest BCUT2D eigenvalue weighted by atomic mass is 10.1. The minimum absolute atomic E-state index is 0. The van der Waals surface area contributed by atoms with E-state index in [0.717, 1.165) is 24.5 Å². The van der Waals surface area contributed by atoms with Gasteiger partial charge in [-0.15, -0.1) is 24.0 Å². The van der Waals surface area contributed by atoms with Crippen LogP contribution in [0.4, 0.5) is 5.69 Å². The summed E-state index contributed by atoms with van der Waals surface area (Å²) in [7, 11) is 0. The van der Waals surface area contributed by atoms with Gasteiger partial charge in [-0.05, 0) is 75.2 Å². The van der Waals surface area contributed by atoms with Crippen LogP contribution in [0.25, 0.3) is 0 Å². The molecule has 1 aromatic carbocycles. The van der Waals surface area contributed by atoms with Gasteiger partial charge < -0.3 is 15.5 Å². The maximum atomic E-state index is 6.08. The van der Waals surface area contributed by atoms with E-state index in [-0.39, 0.29) is 30.0 Å². The Balaban J connectivity index is 0.00000225. The molecule has 1 aromatic heterocycles. The summed E-state index contributed by atoms with van der Waals surface area (Å²) in [5.41, 5.74) is 9.55. The van der Waals surface area contributed by atoms with Crippen molar-refractivity contribution in [3.05, 3.63) is 53.5 Å². The average Bonchev–Trinajstić information content (AvgIpc) is 3.25. The molecule has 1 aliphatic heterocycles. The van der Waals surface area contributed by atoms with Gasteiger partial charge in [-0.2, -0.15) is 0 Å². The molecule has 0 amide bonds. The third kappa shape index (κ3) is 5.22. The first-order valence-electron chi connectivity index (χ1n) is 8.55. The third-order valence-corrected chi connectivity index (χ3v) is 4.67. The highest BCUT2D eigenvalue weighted by Gasteiger charge is 2.25. The zero-order valence-corrected chi connectivity index (χ0v) is 17.2. The van der Waals surface area contributed by atoms with Crippen molar-refractivity contribution < 1.29 is 4.42 Å². The fourth-order valence-corrected chi connectivity index (χ4v) is 3.11. The number of likely N-dealkylation sites (tertiary alicyclic amines) is 1. The molecule has 1 fully saturated rings. The molecule has 0 spiro atoms. The standard InChI is InChI=1S/C19H26N4O.HI/c1-14-7-8-16(12-15(14)2)22-19(20)21-13-17(18-6-5-11-24-18)23-9-3-4-10-23;/h5-8,11-12,17H,3-4,9-10,13H2,1-2H3,(H3,20,21,22);1H. The maximum absolute atomic E-state index is 6.08. The highest BCUT2D eigenvalue weighted by Crippen LogP contribution is 2.25. The molecule has 1 saturated heterocycles. The van der Waals surface area contributed by atoms with Crippen molar-refractivity contribution in [3.63, 3.8) is 0 Å². The Labute approximate surface area is 166 Å². The molecule has 6 heteroatoms. The summed E-state index contributed by atoms with van der Waals surface area (Å²) in [5, 5.41) is 3.18. The SMILES string of the molecule is Cc1ccc(NC(N)=NCC(c2ccco2)N2CCCC2)cc1C.I. The van der Waals surface area contributed by atoms with Gasteiger partial charge in [0.1, 0.15) is 5.76 Å². The number of hydrogen-bond donors (Lipinski definition) is 2. The van der Waals surface area contributed by atoms with Crippen molar-refractivity contribution in [2.24, 2.45) is 10.7 Å². The van der Waals surface area contributed by atoms with Gasteiger partial charge in [0.2, 0.25) is 0 Å². The van der Waals surface area contributed by atoms with Gasteiger partial charge in [0.05, 0.1) is 18.8 Å². The lowest BCUT2D eigenvalue weighted by molar-refractivity contribution is 0.221. The van der Waals surface area contributed by atoms with Gasteiger partial charge in [0.15, 0.2) is 5.96 Å². The Kier molecular flexibility index (Phi) is 7.31. The van der Waals surface area contributed by atoms with Gasteiger partial charge in [-0.1, -0.05) is 6.07 Å². The molecule has 2 aromatic rings. The lowest BCUT2D eigenvalue weighted by Crippen LogP contribution is -2.30. The van der Waals surface area contributed by atoms with E-state index >= 15 is 0 Å². The third-order valence-electron chi connectivity index (χ3n) is 4.67. The van der Waals surface area contributed by atoms with Crippen LogP contribution in [0.3, 0.4) is 0 Å². The monoisotopic (exact) mass is 454 g/mol. The number of nitrogens with two attached hydrogens (primary N) is 1. The van der Waals surface area contributed by atoms with Crippen molar-refractivity contribution in [1.82, 2.24) is 4.90 Å². The molecule has 0 bridgehead atoms. The molecule has 1 atom stereocenters. The number of halogens is 1. The first-order valence-corrected chi connectivity index (χ1v) is 8.55. The highest BCUT2D eigenvalue weighted by atomic mass is 127. The number of aryl methyl sites for hydroxylation is 2. The van der Waals surface area contributed by atoms with Gasteiger partial charge in [0.25, 0.3) is 0 Å². The minimum atomic E-state index is 0. The van der Waals surface area contributed by atoms with Gasteiger partial charge in [0, 0.05) is 5.69 Å². The molecule has 25 heavy (non-hydrogen) atoms. The van der Waals surface area contributed by atoms with Crippen LogP contribution in [0.5, 0.6) is 0 Å². The number of guanidine groups is 1. The number of rotatable bonds is 5. The molecule has 136 valence electrons. The second-order valence-corrected chi connectivity index (χ2v) is 6.42. The normalized spacial score (nSPS) is 16.5. The minimum Gasteiger partial charge on any atom is -0.468 e. The van der Waals surface area contributed by atoms with E-state index in [4.69, 9.17) is 10.2 Å². The topological polar surface area (TPSA) is 66.8 Å². The van der Waals surface area contributed by atoms with E-state index in [0.29, 0.717) is 12.5 Å². The highest BCUT2D eigenvalue weighted by molar-refractivity contribution is 14.0. The van der Waals surface area contributed by atoms with Crippen molar-refractivity contribution in [1.29, 1.82) is 0 Å². The summed E-state index contributed by atoms with van der Waals surface area (Å²) < 4.78 is 5.62. The Morgan fingerprint density at radius 3 is 2.64 bits per heavy atom. The Morgan fingerprint density at radius 2 is 2.00 bits per heavy atom. The largest absolute Gasteiger partial charge is 0.468 e. The predicted octanol–water partition coefficient (Wildman–Crippen LogP) is 4.08. The quantitative estimate of drug-likeness (QED) is 0.406. The summed E-state index contributed by atoms with van der Waals surface area (Å²) in [5.74, 6) is 1.40. The van der Waals surface area contributed by atoms with Crippen LogP contribution in [0.15, 0.2) is 46.0 Å². The van der Waals surface area contributed by atoms with Crippen LogP contribution in [0, 0.1) is 13.8 Å². The second kappa shape index (κ2) is 9.24. The van der Waals surface area contributed by atoms with Crippen LogP contribution in [-0.2, 0) is 0 Å². The lowest BCUT2D eigenvalue weighted by Gasteiger charge is -2.24. The number of furan rings is 1. The first-order chi connectivity index (χ1) is 11.6. The molecule has 3 N–H and O–H groups in total. The molecule has 0 saturated carbocycles. The van der Waals surface area contributed by atoms with E-state index < -0.39 is 0 Å². The summed E-state index contributed by atoms with van der Waals surface area (Å²) in [6.07, 6.45) is 4.19. The van der Waals surface area contributed by atoms with Crippen molar-refractivity contribution in [2.75, 3.05) is 25.0 Å². The van der Waals surface area contributed by atoms with E-state index in [1.54, 1.807) is 6.26 Å². The van der Waals surface area contributed by atoms with E-state index in [1.807, 2.05) is 18.2 Å². The predicted molar refractivity (Wildman–Crippen MR) is 114 cm³/mol. The number of benzene rings is 1. The Hall–Kier alpha value is -1.54. The molecule has 5 nitrogen and oxygen atoms in total. The van der Waals surface area contributed by atoms with Crippen LogP contribution >= 0.6 is 24.0 Å². The van der Waals surface area contributed by atoms with E-state index in [9.17, 15) is 0 Å². The number of nitrogens with zero attached hydrogens (tertiary/aromatic N) is 2. The molecule has 1 aliphatic rings. The van der Waals surface area contributed by atoms with Crippen LogP contribution in [0.2, 0.25) is 0 Å². The zero-order valence-electron chi connectivity index (χ0n) is 14.9. The van der Waals surface area contributed by atoms with Crippen LogP contribution < -0.4 is 11.1 Å². The molecular formula is C19H27IN4O. The average molecular weight is 454 g/mol. The van der Waals surface area contributed by atoms with Gasteiger partial charge in [-0.3, -0.25) is 9.89 Å². The van der Waals surface area contributed by atoms with Crippen molar-refractivity contribution in [3.8, 4) is 0 Å². The number of hydrogen-bond acceptors (Lipinski definition) is 3. The van der Waals surface area contributed by atoms with Crippen LogP contribution in [0.1, 0.15) is 35.8 Å². The van der Waals surface area contributed by atoms with E-state index in [1.165, 1.54) is 24.0 Å². The van der Waals surface area contributed by atoms with Crippen LogP contribution in [-0.4, -0.2) is 30.5 Å². The molecule has 1 unspecified atom stereocenters. The molecule has 0 aliphatic carbocycles. The Bertz CT molecular complexity index is 693. The molecule has 2 heterocycles. The molecule has 3 rings (SSSR count). The summed E-state index contributed by atoms with van der Waals surface area (Å²) >= 11 is 0. The van der Waals surface area contributed by atoms with Gasteiger partial charge >= 0.3 is 0 Å². The Morgan fingerprint density at radius 1 is 1.24 bits per heavy atom. The van der Waals surface area contributed by atoms with Crippen molar-refractivity contribution >= 4 is 35.6 Å². The second-order valence-electron chi connectivity index (χ2n) is 6.42. The maximum Gasteiger partial charge on any atom is 0.193 e.